The number of nitrogens with zero attached hydrogens (tertiary/aromatic N) is 2. The number of piperidine rings is 1. The van der Waals surface area contributed by atoms with Gasteiger partial charge in [-0.1, -0.05) is 47.5 Å². The highest BCUT2D eigenvalue weighted by Gasteiger charge is 2.22. The molecule has 0 bridgehead atoms. The lowest BCUT2D eigenvalue weighted by Crippen LogP contribution is -2.48. The zero-order valence-corrected chi connectivity index (χ0v) is 17.0. The van der Waals surface area contributed by atoms with Gasteiger partial charge in [0.1, 0.15) is 0 Å². The van der Waals surface area contributed by atoms with E-state index in [0.29, 0.717) is 11.6 Å². The minimum atomic E-state index is -0.0360. The minimum absolute atomic E-state index is 0.0360. The normalized spacial score (nSPS) is 15.5. The number of urea groups is 1. The van der Waals surface area contributed by atoms with Gasteiger partial charge in [0.05, 0.1) is 0 Å². The summed E-state index contributed by atoms with van der Waals surface area (Å²) in [6.07, 6.45) is 1.93. The molecule has 1 saturated heterocycles. The van der Waals surface area contributed by atoms with E-state index in [9.17, 15) is 4.79 Å². The second kappa shape index (κ2) is 9.45. The Kier molecular flexibility index (Phi) is 7.00. The summed E-state index contributed by atoms with van der Waals surface area (Å²) >= 11 is 12.0. The van der Waals surface area contributed by atoms with Gasteiger partial charge in [-0.3, -0.25) is 4.90 Å². The predicted molar refractivity (Wildman–Crippen MR) is 111 cm³/mol. The molecule has 1 N–H and O–H groups in total. The topological polar surface area (TPSA) is 35.6 Å². The van der Waals surface area contributed by atoms with Crippen LogP contribution in [0.25, 0.3) is 0 Å². The first-order valence-electron chi connectivity index (χ1n) is 9.22. The molecule has 6 heteroatoms. The van der Waals surface area contributed by atoms with Crippen molar-refractivity contribution in [1.29, 1.82) is 0 Å². The maximum absolute atomic E-state index is 12.5. The second-order valence-electron chi connectivity index (χ2n) is 7.11. The van der Waals surface area contributed by atoms with Crippen molar-refractivity contribution in [2.24, 2.45) is 0 Å². The summed E-state index contributed by atoms with van der Waals surface area (Å²) in [4.78, 5) is 16.6. The second-order valence-corrected chi connectivity index (χ2v) is 7.99. The molecule has 4 nitrogen and oxygen atoms in total. The zero-order valence-electron chi connectivity index (χ0n) is 15.5. The Morgan fingerprint density at radius 2 is 1.78 bits per heavy atom. The fourth-order valence-corrected chi connectivity index (χ4v) is 3.69. The van der Waals surface area contributed by atoms with Crippen LogP contribution in [0, 0.1) is 0 Å². The Balaban J connectivity index is 1.42. The van der Waals surface area contributed by atoms with Crippen molar-refractivity contribution in [3.8, 4) is 0 Å². The first-order chi connectivity index (χ1) is 13.0. The molecule has 0 saturated carbocycles. The van der Waals surface area contributed by atoms with Gasteiger partial charge < -0.3 is 10.2 Å². The van der Waals surface area contributed by atoms with Crippen LogP contribution in [0.1, 0.15) is 24.0 Å². The lowest BCUT2D eigenvalue weighted by molar-refractivity contribution is 0.173. The average Bonchev–Trinajstić information content (AvgIpc) is 2.65. The Hall–Kier alpha value is -1.75. The Bertz CT molecular complexity index is 758. The zero-order chi connectivity index (χ0) is 19.2. The van der Waals surface area contributed by atoms with Crippen molar-refractivity contribution in [2.75, 3.05) is 20.1 Å². The van der Waals surface area contributed by atoms with E-state index in [1.807, 2.05) is 43.4 Å². The number of likely N-dealkylation sites (tertiary alicyclic amines) is 1. The van der Waals surface area contributed by atoms with Crippen LogP contribution in [0.15, 0.2) is 48.5 Å². The van der Waals surface area contributed by atoms with E-state index in [-0.39, 0.29) is 12.1 Å². The Morgan fingerprint density at radius 3 is 2.44 bits per heavy atom. The molecular formula is C21H25Cl2N3O. The number of hydrogen-bond acceptors (Lipinski definition) is 2. The third-order valence-electron chi connectivity index (χ3n) is 4.89. The number of carbonyl (C=O) groups is 1. The standard InChI is InChI=1S/C21H25Cl2N3O/c1-25(14-17-3-2-4-19(23)13-17)21(27)24-20-9-11-26(12-10-20)15-16-5-7-18(22)8-6-16/h2-8,13,20H,9-12,14-15H2,1H3,(H,24,27). The predicted octanol–water partition coefficient (Wildman–Crippen LogP) is 4.80. The summed E-state index contributed by atoms with van der Waals surface area (Å²) in [6, 6.07) is 15.8. The maximum Gasteiger partial charge on any atom is 0.317 e. The lowest BCUT2D eigenvalue weighted by atomic mass is 10.0. The molecule has 0 spiro atoms. The van der Waals surface area contributed by atoms with Gasteiger partial charge in [0.25, 0.3) is 0 Å². The van der Waals surface area contributed by atoms with Gasteiger partial charge in [0.2, 0.25) is 0 Å². The van der Waals surface area contributed by atoms with Crippen LogP contribution in [0.4, 0.5) is 4.79 Å². The molecule has 27 heavy (non-hydrogen) atoms. The molecule has 1 aliphatic heterocycles. The molecule has 2 amide bonds. The summed E-state index contributed by atoms with van der Waals surface area (Å²) in [6.45, 7) is 3.42. The monoisotopic (exact) mass is 405 g/mol. The van der Waals surface area contributed by atoms with Gasteiger partial charge in [0.15, 0.2) is 0 Å². The maximum atomic E-state index is 12.5. The fraction of sp³-hybridized carbons (Fsp3) is 0.381. The van der Waals surface area contributed by atoms with Gasteiger partial charge in [0, 0.05) is 49.3 Å². The van der Waals surface area contributed by atoms with E-state index in [2.05, 4.69) is 22.3 Å². The highest BCUT2D eigenvalue weighted by atomic mass is 35.5. The number of rotatable bonds is 5. The van der Waals surface area contributed by atoms with Gasteiger partial charge in [-0.25, -0.2) is 4.79 Å². The molecule has 0 aliphatic carbocycles. The van der Waals surface area contributed by atoms with Crippen LogP contribution < -0.4 is 5.32 Å². The van der Waals surface area contributed by atoms with Crippen LogP contribution in [-0.2, 0) is 13.1 Å². The Morgan fingerprint density at radius 1 is 1.07 bits per heavy atom. The van der Waals surface area contributed by atoms with E-state index >= 15 is 0 Å². The first-order valence-corrected chi connectivity index (χ1v) is 9.98. The van der Waals surface area contributed by atoms with Crippen LogP contribution >= 0.6 is 23.2 Å². The third-order valence-corrected chi connectivity index (χ3v) is 5.38. The number of hydrogen-bond donors (Lipinski definition) is 1. The van der Waals surface area contributed by atoms with Gasteiger partial charge in [-0.05, 0) is 48.2 Å². The van der Waals surface area contributed by atoms with E-state index < -0.39 is 0 Å². The molecule has 3 rings (SSSR count). The molecule has 1 fully saturated rings. The summed E-state index contributed by atoms with van der Waals surface area (Å²) in [5, 5.41) is 4.61. The van der Waals surface area contributed by atoms with Crippen LogP contribution in [-0.4, -0.2) is 42.0 Å². The van der Waals surface area contributed by atoms with Crippen molar-refractivity contribution in [2.45, 2.75) is 32.0 Å². The van der Waals surface area contributed by atoms with Crippen molar-refractivity contribution >= 4 is 29.2 Å². The van der Waals surface area contributed by atoms with E-state index in [1.54, 1.807) is 4.90 Å². The molecular weight excluding hydrogens is 381 g/mol. The molecule has 0 atom stereocenters. The molecule has 144 valence electrons. The summed E-state index contributed by atoms with van der Waals surface area (Å²) in [5.74, 6) is 0. The lowest BCUT2D eigenvalue weighted by Gasteiger charge is -2.33. The third kappa shape index (κ3) is 6.13. The summed E-state index contributed by atoms with van der Waals surface area (Å²) < 4.78 is 0. The number of nitrogens with one attached hydrogen (secondary N) is 1. The molecule has 2 aromatic carbocycles. The first kappa shape index (κ1) is 20.0. The quantitative estimate of drug-likeness (QED) is 0.774. The van der Waals surface area contributed by atoms with Crippen molar-refractivity contribution in [3.05, 3.63) is 69.7 Å². The van der Waals surface area contributed by atoms with Gasteiger partial charge >= 0.3 is 6.03 Å². The van der Waals surface area contributed by atoms with Gasteiger partial charge in [-0.2, -0.15) is 0 Å². The smallest absolute Gasteiger partial charge is 0.317 e. The highest BCUT2D eigenvalue weighted by Crippen LogP contribution is 2.17. The SMILES string of the molecule is CN(Cc1cccc(Cl)c1)C(=O)NC1CCN(Cc2ccc(Cl)cc2)CC1. The van der Waals surface area contributed by atoms with Gasteiger partial charge in [-0.15, -0.1) is 0 Å². The van der Waals surface area contributed by atoms with Crippen molar-refractivity contribution in [3.63, 3.8) is 0 Å². The number of benzene rings is 2. The summed E-state index contributed by atoms with van der Waals surface area (Å²) in [7, 11) is 1.81. The van der Waals surface area contributed by atoms with E-state index in [0.717, 1.165) is 43.1 Å². The van der Waals surface area contributed by atoms with Crippen molar-refractivity contribution in [1.82, 2.24) is 15.1 Å². The highest BCUT2D eigenvalue weighted by molar-refractivity contribution is 6.30. The van der Waals surface area contributed by atoms with Crippen LogP contribution in [0.5, 0.6) is 0 Å². The number of halogens is 2. The molecule has 0 radical (unpaired) electrons. The molecule has 1 aliphatic rings. The molecule has 2 aromatic rings. The number of carbonyl (C=O) groups excluding carboxylic acids is 1. The number of amides is 2. The van der Waals surface area contributed by atoms with Crippen LogP contribution in [0.3, 0.4) is 0 Å². The summed E-state index contributed by atoms with van der Waals surface area (Å²) in [5.41, 5.74) is 2.29. The minimum Gasteiger partial charge on any atom is -0.335 e. The molecule has 0 aromatic heterocycles. The molecule has 0 unspecified atom stereocenters. The van der Waals surface area contributed by atoms with Crippen molar-refractivity contribution < 1.29 is 4.79 Å². The Labute approximate surface area is 171 Å². The average molecular weight is 406 g/mol. The fourth-order valence-electron chi connectivity index (χ4n) is 3.35. The largest absolute Gasteiger partial charge is 0.335 e. The molecule has 1 heterocycles. The van der Waals surface area contributed by atoms with Crippen LogP contribution in [0.2, 0.25) is 10.0 Å². The van der Waals surface area contributed by atoms with E-state index in [4.69, 9.17) is 23.2 Å². The van der Waals surface area contributed by atoms with E-state index in [1.165, 1.54) is 5.56 Å².